The molecule has 6 aliphatic heterocycles. The normalized spacial score (nSPS) is 29.9. The molecule has 8 aliphatic rings. The van der Waals surface area contributed by atoms with Gasteiger partial charge in [0.1, 0.15) is 41.2 Å². The predicted molar refractivity (Wildman–Crippen MR) is 226 cm³/mol. The largest absolute Gasteiger partial charge is 0.484 e. The van der Waals surface area contributed by atoms with E-state index < -0.39 is 16.3 Å². The summed E-state index contributed by atoms with van der Waals surface area (Å²) in [5, 5.41) is 24.8. The molecular weight excluding hydrogens is 785 g/mol. The monoisotopic (exact) mass is 834 g/mol. The van der Waals surface area contributed by atoms with Crippen LogP contribution in [-0.4, -0.2) is 100 Å². The maximum atomic E-state index is 12.0. The molecule has 60 heavy (non-hydrogen) atoms. The topological polar surface area (TPSA) is 191 Å². The third kappa shape index (κ3) is 6.95. The van der Waals surface area contributed by atoms with Crippen LogP contribution in [0.5, 0.6) is 11.5 Å². The predicted octanol–water partition coefficient (Wildman–Crippen LogP) is 4.80. The zero-order valence-electron chi connectivity index (χ0n) is 34.1. The molecule has 3 aromatic heterocycles. The van der Waals surface area contributed by atoms with E-state index >= 15 is 0 Å². The van der Waals surface area contributed by atoms with Crippen LogP contribution in [0.4, 0.5) is 0 Å². The minimum atomic E-state index is -0.716. The van der Waals surface area contributed by atoms with E-state index in [1.54, 1.807) is 6.21 Å². The average molecular weight is 835 g/mol. The first-order valence-corrected chi connectivity index (χ1v) is 22.2. The molecule has 5 aromatic rings. The zero-order valence-corrected chi connectivity index (χ0v) is 34.9. The molecule has 4 saturated heterocycles. The Hall–Kier alpha value is -4.87. The molecular formula is C44H50N8O7S. The molecule has 4 unspecified atom stereocenters. The Morgan fingerprint density at radius 2 is 1.63 bits per heavy atom. The van der Waals surface area contributed by atoms with Crippen molar-refractivity contribution in [1.29, 1.82) is 0 Å². The standard InChI is InChI=1S/C23H28N4O4.C21H22N4O3S/c1-14(20(27-24)9-26-23-12-22(2,13-23)31-21(23)10-28)30-16-3-4-19-18(7-16)17-5-6-29-11-15(17)8-25-19;1-13(20-10-25(24-23-20)21-7-16(8-21)29(26)12-21)28-15-2-3-19-18(6-15)17-4-5-27-11-14(17)9-22-19/h3-4,7-9,14,21,28H,5-6,10-13,24H2,1-2H3;2-3,6,9-10,13,16H,4-5,7-8,11-12H2,1H3/b26-9?,27-20+;. The Bertz CT molecular complexity index is 2550. The fourth-order valence-electron chi connectivity index (χ4n) is 10.0. The van der Waals surface area contributed by atoms with Crippen molar-refractivity contribution >= 4 is 44.5 Å². The number of aromatic nitrogens is 5. The number of fused-ring (bicyclic) bond motifs is 8. The molecule has 3 N–H and O–H groups in total. The number of hydrazone groups is 1. The molecule has 2 aliphatic carbocycles. The van der Waals surface area contributed by atoms with Crippen molar-refractivity contribution in [3.8, 4) is 11.5 Å². The molecule has 0 radical (unpaired) electrons. The van der Waals surface area contributed by atoms with Crippen LogP contribution in [0, 0.1) is 0 Å². The van der Waals surface area contributed by atoms with Gasteiger partial charge >= 0.3 is 0 Å². The van der Waals surface area contributed by atoms with Crippen LogP contribution in [0.25, 0.3) is 21.8 Å². The Morgan fingerprint density at radius 1 is 1.00 bits per heavy atom. The van der Waals surface area contributed by atoms with Gasteiger partial charge in [-0.1, -0.05) is 5.21 Å². The minimum absolute atomic E-state index is 0.0471. The van der Waals surface area contributed by atoms with Crippen molar-refractivity contribution in [2.45, 2.75) is 113 Å². The van der Waals surface area contributed by atoms with Gasteiger partial charge in [-0.15, -0.1) is 5.10 Å². The van der Waals surface area contributed by atoms with Gasteiger partial charge < -0.3 is 34.6 Å². The van der Waals surface area contributed by atoms with Crippen LogP contribution in [0.1, 0.15) is 80.5 Å². The van der Waals surface area contributed by atoms with Crippen molar-refractivity contribution in [3.05, 3.63) is 82.9 Å². The number of nitrogens with two attached hydrogens (primary N) is 1. The van der Waals surface area contributed by atoms with E-state index in [4.69, 9.17) is 34.5 Å². The molecule has 4 atom stereocenters. The molecule has 9 heterocycles. The second-order valence-electron chi connectivity index (χ2n) is 17.4. The molecule has 0 spiro atoms. The van der Waals surface area contributed by atoms with Crippen molar-refractivity contribution in [2.24, 2.45) is 15.9 Å². The first-order valence-electron chi connectivity index (χ1n) is 20.8. The lowest BCUT2D eigenvalue weighted by molar-refractivity contribution is -0.0232. The van der Waals surface area contributed by atoms with E-state index in [9.17, 15) is 9.32 Å². The molecule has 0 amide bonds. The van der Waals surface area contributed by atoms with Gasteiger partial charge in [-0.25, -0.2) is 4.68 Å². The number of aliphatic imine (C=N–C) groups is 1. The summed E-state index contributed by atoms with van der Waals surface area (Å²) in [7, 11) is -0.716. The smallest absolute Gasteiger partial charge is 0.141 e. The average Bonchev–Trinajstić information content (AvgIpc) is 4.05. The number of hydrogen-bond donors (Lipinski definition) is 2. The van der Waals surface area contributed by atoms with Crippen molar-refractivity contribution in [3.63, 3.8) is 0 Å². The fourth-order valence-corrected chi connectivity index (χ4v) is 12.1. The number of hydrogen-bond acceptors (Lipinski definition) is 14. The Morgan fingerprint density at radius 3 is 2.22 bits per heavy atom. The lowest BCUT2D eigenvalue weighted by atomic mass is 9.67. The molecule has 16 heteroatoms. The minimum Gasteiger partial charge on any atom is -0.484 e. The highest BCUT2D eigenvalue weighted by atomic mass is 32.2. The molecule has 4 bridgehead atoms. The molecule has 314 valence electrons. The number of aliphatic hydroxyl groups is 1. The number of nitrogens with zero attached hydrogens (tertiary/aromatic N) is 7. The van der Waals surface area contributed by atoms with Gasteiger partial charge in [-0.2, -0.15) is 5.10 Å². The summed E-state index contributed by atoms with van der Waals surface area (Å²) in [6, 6.07) is 11.9. The summed E-state index contributed by atoms with van der Waals surface area (Å²) in [6.07, 6.45) is 11.8. The first kappa shape index (κ1) is 39.3. The van der Waals surface area contributed by atoms with Gasteiger partial charge in [-0.05, 0) is 105 Å². The quantitative estimate of drug-likeness (QED) is 0.111. The van der Waals surface area contributed by atoms with Crippen molar-refractivity contribution in [2.75, 3.05) is 25.6 Å². The molecule has 2 aromatic carbocycles. The second-order valence-corrected chi connectivity index (χ2v) is 19.1. The zero-order chi connectivity index (χ0) is 41.2. The number of ether oxygens (including phenoxy) is 5. The lowest BCUT2D eigenvalue weighted by Crippen LogP contribution is -2.49. The lowest BCUT2D eigenvalue weighted by Gasteiger charge is -2.40. The number of aliphatic hydroxyl groups excluding tert-OH is 1. The third-order valence-corrected chi connectivity index (χ3v) is 15.1. The van der Waals surface area contributed by atoms with Gasteiger partial charge in [0.2, 0.25) is 0 Å². The SMILES string of the molecule is CC(Oc1ccc2ncc3c(c2c1)CCOC3)/C(C=NC12CC(C)(C1)OC2CO)=N/N.CC(Oc1ccc2ncc3c(c2c1)CCOC3)c1cn(C23CC(C2)S(=O)C3)nn1. The Balaban J connectivity index is 0.000000145. The summed E-state index contributed by atoms with van der Waals surface area (Å²) in [5.41, 5.74) is 7.44. The van der Waals surface area contributed by atoms with Crippen LogP contribution in [0.15, 0.2) is 65.1 Å². The summed E-state index contributed by atoms with van der Waals surface area (Å²) in [5.74, 6) is 7.87. The Labute approximate surface area is 350 Å². The summed E-state index contributed by atoms with van der Waals surface area (Å²) >= 11 is 0. The van der Waals surface area contributed by atoms with E-state index in [2.05, 4.69) is 38.4 Å². The highest BCUT2D eigenvalue weighted by Gasteiger charge is 2.65. The summed E-state index contributed by atoms with van der Waals surface area (Å²) in [6.45, 7) is 8.56. The maximum absolute atomic E-state index is 12.0. The summed E-state index contributed by atoms with van der Waals surface area (Å²) in [4.78, 5) is 13.8. The van der Waals surface area contributed by atoms with E-state index in [1.807, 2.05) is 67.5 Å². The van der Waals surface area contributed by atoms with Crippen LogP contribution < -0.4 is 15.3 Å². The molecule has 13 rings (SSSR count). The number of benzene rings is 2. The molecule has 6 fully saturated rings. The van der Waals surface area contributed by atoms with E-state index in [-0.39, 0.29) is 36.1 Å². The van der Waals surface area contributed by atoms with Crippen molar-refractivity contribution < 1.29 is 33.0 Å². The van der Waals surface area contributed by atoms with Crippen LogP contribution >= 0.6 is 0 Å². The number of rotatable bonds is 10. The Kier molecular flexibility index (Phi) is 9.98. The van der Waals surface area contributed by atoms with Gasteiger partial charge in [-0.3, -0.25) is 19.2 Å². The molecule has 2 saturated carbocycles. The number of pyridine rings is 2. The first-order chi connectivity index (χ1) is 29.1. The van der Waals surface area contributed by atoms with E-state index in [0.29, 0.717) is 36.5 Å². The van der Waals surface area contributed by atoms with Crippen LogP contribution in [-0.2, 0) is 56.6 Å². The maximum Gasteiger partial charge on any atom is 0.141 e. The van der Waals surface area contributed by atoms with Gasteiger partial charge in [0.25, 0.3) is 0 Å². The van der Waals surface area contributed by atoms with E-state index in [0.717, 1.165) is 95.3 Å². The van der Waals surface area contributed by atoms with Gasteiger partial charge in [0, 0.05) is 64.0 Å². The highest BCUT2D eigenvalue weighted by Crippen LogP contribution is 2.57. The third-order valence-electron chi connectivity index (χ3n) is 13.2. The van der Waals surface area contributed by atoms with Gasteiger partial charge in [0.05, 0.1) is 66.9 Å². The van der Waals surface area contributed by atoms with E-state index in [1.165, 1.54) is 11.1 Å². The second kappa shape index (κ2) is 15.2. The van der Waals surface area contributed by atoms with Crippen LogP contribution in [0.2, 0.25) is 0 Å². The highest BCUT2D eigenvalue weighted by molar-refractivity contribution is 7.86. The van der Waals surface area contributed by atoms with Crippen molar-refractivity contribution in [1.82, 2.24) is 25.0 Å². The van der Waals surface area contributed by atoms with Crippen LogP contribution in [0.3, 0.4) is 0 Å². The fraction of sp³-hybridized carbons (Fsp3) is 0.500. The van der Waals surface area contributed by atoms with Gasteiger partial charge in [0.15, 0.2) is 0 Å². The molecule has 15 nitrogen and oxygen atoms in total. The summed E-state index contributed by atoms with van der Waals surface area (Å²) < 4.78 is 43.3.